The number of ether oxygens (including phenoxy) is 2. The van der Waals surface area contributed by atoms with Gasteiger partial charge < -0.3 is 14.0 Å². The maximum Gasteiger partial charge on any atom is 0.218 e. The number of carbonyl (C=O) groups excluding carboxylic acids is 1. The van der Waals surface area contributed by atoms with Crippen molar-refractivity contribution in [2.45, 2.75) is 51.6 Å². The number of aromatic nitrogens is 5. The smallest absolute Gasteiger partial charge is 0.218 e. The first-order valence-electron chi connectivity index (χ1n) is 16.6. The van der Waals surface area contributed by atoms with Gasteiger partial charge in [0.05, 0.1) is 35.7 Å². The molecule has 9 nitrogen and oxygen atoms in total. The summed E-state index contributed by atoms with van der Waals surface area (Å²) < 4.78 is 13.4. The van der Waals surface area contributed by atoms with E-state index in [1.165, 1.54) is 0 Å². The van der Waals surface area contributed by atoms with Gasteiger partial charge in [0.2, 0.25) is 11.8 Å². The molecule has 2 fully saturated rings. The summed E-state index contributed by atoms with van der Waals surface area (Å²) in [6.45, 7) is 3.48. The molecule has 0 amide bonds. The molecular weight excluding hydrogens is 659 g/mol. The van der Waals surface area contributed by atoms with E-state index in [9.17, 15) is 4.79 Å². The SMILES string of the molecule is COc1nc(-c2cccc(-c3cccc(-c4ccc(CN5CC6(CCC(=O)C6)C5)c(OC)n4)c3Cl)c2Cl)ccc1CCCCn1cnnc1. The number of halogens is 2. The first-order chi connectivity index (χ1) is 23.9. The maximum atomic E-state index is 11.9. The van der Waals surface area contributed by atoms with Crippen molar-refractivity contribution in [3.05, 3.63) is 94.5 Å². The highest BCUT2D eigenvalue weighted by molar-refractivity contribution is 6.39. The number of carbonyl (C=O) groups is 1. The van der Waals surface area contributed by atoms with Gasteiger partial charge in [-0.3, -0.25) is 9.69 Å². The molecule has 49 heavy (non-hydrogen) atoms. The predicted molar refractivity (Wildman–Crippen MR) is 191 cm³/mol. The number of Topliss-reactive ketones (excluding diaryl/α,β-unsaturated/α-hetero) is 1. The second-order valence-electron chi connectivity index (χ2n) is 13.1. The molecule has 0 atom stereocenters. The van der Waals surface area contributed by atoms with Crippen LogP contribution in [0.1, 0.15) is 43.2 Å². The Hall–Kier alpha value is -4.31. The highest BCUT2D eigenvalue weighted by atomic mass is 35.5. The van der Waals surface area contributed by atoms with Crippen molar-refractivity contribution >= 4 is 29.0 Å². The van der Waals surface area contributed by atoms with Crippen molar-refractivity contribution in [1.29, 1.82) is 0 Å². The normalized spacial score (nSPS) is 15.5. The third kappa shape index (κ3) is 6.93. The monoisotopic (exact) mass is 696 g/mol. The molecule has 1 saturated carbocycles. The first kappa shape index (κ1) is 33.2. The Morgan fingerprint density at radius 2 is 1.33 bits per heavy atom. The lowest BCUT2D eigenvalue weighted by Crippen LogP contribution is -2.54. The molecule has 0 N–H and O–H groups in total. The van der Waals surface area contributed by atoms with E-state index >= 15 is 0 Å². The number of benzene rings is 2. The number of nitrogens with zero attached hydrogens (tertiary/aromatic N) is 6. The van der Waals surface area contributed by atoms with Gasteiger partial charge in [-0.25, -0.2) is 9.97 Å². The molecule has 252 valence electrons. The number of unbranched alkanes of at least 4 members (excludes halogenated alkanes) is 1. The largest absolute Gasteiger partial charge is 0.481 e. The quantitative estimate of drug-likeness (QED) is 0.121. The molecule has 0 unspecified atom stereocenters. The number of likely N-dealkylation sites (tertiary alicyclic amines) is 1. The molecule has 1 saturated heterocycles. The van der Waals surface area contributed by atoms with Gasteiger partial charge in [0.15, 0.2) is 0 Å². The van der Waals surface area contributed by atoms with Crippen molar-refractivity contribution in [1.82, 2.24) is 29.6 Å². The molecule has 7 rings (SSSR count). The fourth-order valence-electron chi connectivity index (χ4n) is 7.25. The average molecular weight is 698 g/mol. The van der Waals surface area contributed by atoms with Gasteiger partial charge in [-0.2, -0.15) is 0 Å². The Balaban J connectivity index is 1.09. The third-order valence-electron chi connectivity index (χ3n) is 9.70. The summed E-state index contributed by atoms with van der Waals surface area (Å²) in [5, 5.41) is 8.82. The number of aryl methyl sites for hydroxylation is 2. The van der Waals surface area contributed by atoms with Crippen molar-refractivity contribution in [2.24, 2.45) is 5.41 Å². The number of rotatable bonds is 12. The minimum Gasteiger partial charge on any atom is -0.481 e. The van der Waals surface area contributed by atoms with E-state index in [2.05, 4.69) is 27.2 Å². The molecule has 0 bridgehead atoms. The summed E-state index contributed by atoms with van der Waals surface area (Å²) in [5.41, 5.74) is 6.83. The molecule has 4 heterocycles. The molecule has 3 aromatic heterocycles. The van der Waals surface area contributed by atoms with Crippen LogP contribution in [-0.2, 0) is 24.3 Å². The van der Waals surface area contributed by atoms with Crippen LogP contribution in [0.25, 0.3) is 33.6 Å². The second kappa shape index (κ2) is 14.3. The van der Waals surface area contributed by atoms with Gasteiger partial charge >= 0.3 is 0 Å². The van der Waals surface area contributed by atoms with E-state index in [1.54, 1.807) is 26.9 Å². The Labute approximate surface area is 296 Å². The highest BCUT2D eigenvalue weighted by Crippen LogP contribution is 2.45. The molecule has 5 aromatic rings. The fourth-order valence-corrected chi connectivity index (χ4v) is 7.90. The topological polar surface area (TPSA) is 95.3 Å². The molecule has 2 aromatic carbocycles. The van der Waals surface area contributed by atoms with Crippen LogP contribution in [0, 0.1) is 5.41 Å². The van der Waals surface area contributed by atoms with Gasteiger partial charge in [0, 0.05) is 77.8 Å². The van der Waals surface area contributed by atoms with E-state index in [4.69, 9.17) is 42.6 Å². The van der Waals surface area contributed by atoms with Crippen molar-refractivity contribution in [3.63, 3.8) is 0 Å². The second-order valence-corrected chi connectivity index (χ2v) is 13.8. The number of ketones is 1. The Morgan fingerprint density at radius 3 is 1.90 bits per heavy atom. The zero-order valence-electron chi connectivity index (χ0n) is 27.7. The standard InChI is InChI=1S/C38H38Cl2N6O3/c1-48-36-25(7-3-4-18-45-23-41-42-24-45)12-14-32(43-36)30-10-5-8-28(34(30)39)29-9-6-11-31(35(29)40)33-15-13-26(37(44-33)49-2)20-46-21-38(22-46)17-16-27(47)19-38/h5-6,8-15,23-24H,3-4,7,16-22H2,1-2H3. The van der Waals surface area contributed by atoms with Gasteiger partial charge in [0.25, 0.3) is 0 Å². The lowest BCUT2D eigenvalue weighted by molar-refractivity contribution is -0.119. The molecule has 0 radical (unpaired) electrons. The fraction of sp³-hybridized carbons (Fsp3) is 0.342. The summed E-state index contributed by atoms with van der Waals surface area (Å²) in [5.74, 6) is 1.56. The lowest BCUT2D eigenvalue weighted by Gasteiger charge is -2.48. The lowest BCUT2D eigenvalue weighted by atomic mass is 9.78. The Morgan fingerprint density at radius 1 is 0.755 bits per heavy atom. The molecule has 1 spiro atoms. The van der Waals surface area contributed by atoms with E-state index in [0.717, 1.165) is 97.4 Å². The van der Waals surface area contributed by atoms with E-state index < -0.39 is 0 Å². The maximum absolute atomic E-state index is 11.9. The summed E-state index contributed by atoms with van der Waals surface area (Å²) in [4.78, 5) is 23.9. The van der Waals surface area contributed by atoms with Crippen LogP contribution in [0.3, 0.4) is 0 Å². The van der Waals surface area contributed by atoms with E-state index in [0.29, 0.717) is 39.7 Å². The number of hydrogen-bond donors (Lipinski definition) is 0. The zero-order chi connectivity index (χ0) is 34.0. The average Bonchev–Trinajstić information content (AvgIpc) is 3.77. The van der Waals surface area contributed by atoms with Crippen LogP contribution < -0.4 is 9.47 Å². The van der Waals surface area contributed by atoms with Crippen LogP contribution in [0.15, 0.2) is 73.3 Å². The highest BCUT2D eigenvalue weighted by Gasteiger charge is 2.47. The van der Waals surface area contributed by atoms with Crippen molar-refractivity contribution in [3.8, 4) is 45.4 Å². The minimum absolute atomic E-state index is 0.176. The van der Waals surface area contributed by atoms with Gasteiger partial charge in [-0.15, -0.1) is 10.2 Å². The molecule has 2 aliphatic rings. The van der Waals surface area contributed by atoms with Crippen molar-refractivity contribution in [2.75, 3.05) is 27.3 Å². The van der Waals surface area contributed by atoms with E-state index in [1.807, 2.05) is 53.1 Å². The van der Waals surface area contributed by atoms with Crippen LogP contribution in [0.5, 0.6) is 11.8 Å². The Kier molecular flexibility index (Phi) is 9.67. The third-order valence-corrected chi connectivity index (χ3v) is 10.5. The number of hydrogen-bond acceptors (Lipinski definition) is 8. The molecular formula is C38H38Cl2N6O3. The summed E-state index contributed by atoms with van der Waals surface area (Å²) >= 11 is 14.2. The van der Waals surface area contributed by atoms with Gasteiger partial charge in [0.1, 0.15) is 18.4 Å². The first-order valence-corrected chi connectivity index (χ1v) is 17.3. The number of methoxy groups -OCH3 is 2. The summed E-state index contributed by atoms with van der Waals surface area (Å²) in [6.07, 6.45) is 8.71. The van der Waals surface area contributed by atoms with Crippen LogP contribution in [-0.4, -0.2) is 62.7 Å². The number of pyridine rings is 2. The van der Waals surface area contributed by atoms with Crippen molar-refractivity contribution < 1.29 is 14.3 Å². The van der Waals surface area contributed by atoms with Crippen LogP contribution in [0.4, 0.5) is 0 Å². The summed E-state index contributed by atoms with van der Waals surface area (Å²) in [7, 11) is 3.29. The minimum atomic E-state index is 0.176. The Bertz CT molecular complexity index is 1980. The van der Waals surface area contributed by atoms with Gasteiger partial charge in [-0.1, -0.05) is 71.7 Å². The predicted octanol–water partition coefficient (Wildman–Crippen LogP) is 7.97. The molecule has 1 aliphatic heterocycles. The summed E-state index contributed by atoms with van der Waals surface area (Å²) in [6, 6.07) is 19.9. The van der Waals surface area contributed by atoms with E-state index in [-0.39, 0.29) is 5.41 Å². The van der Waals surface area contributed by atoms with Crippen LogP contribution in [0.2, 0.25) is 10.0 Å². The molecule has 1 aliphatic carbocycles. The van der Waals surface area contributed by atoms with Gasteiger partial charge in [-0.05, 0) is 37.8 Å². The zero-order valence-corrected chi connectivity index (χ0v) is 29.2. The van der Waals surface area contributed by atoms with Crippen LogP contribution >= 0.6 is 23.2 Å². The molecule has 11 heteroatoms.